The lowest BCUT2D eigenvalue weighted by molar-refractivity contribution is 0.425. The van der Waals surface area contributed by atoms with Gasteiger partial charge >= 0.3 is 0 Å². The molecular formula is C22H24ClN3. The van der Waals surface area contributed by atoms with E-state index in [1.165, 1.54) is 5.56 Å². The van der Waals surface area contributed by atoms with E-state index >= 15 is 0 Å². The average Bonchev–Trinajstić information content (AvgIpc) is 2.61. The van der Waals surface area contributed by atoms with Crippen molar-refractivity contribution < 1.29 is 0 Å². The highest BCUT2D eigenvalue weighted by molar-refractivity contribution is 6.31. The highest BCUT2D eigenvalue weighted by Gasteiger charge is 2.06. The summed E-state index contributed by atoms with van der Waals surface area (Å²) >= 11 is 6.19. The second kappa shape index (κ2) is 8.35. The number of aryl methyl sites for hydroxylation is 1. The molecule has 4 heteroatoms. The van der Waals surface area contributed by atoms with E-state index in [1.54, 1.807) is 0 Å². The fourth-order valence-electron chi connectivity index (χ4n) is 2.72. The van der Waals surface area contributed by atoms with Crippen molar-refractivity contribution in [2.45, 2.75) is 6.92 Å². The number of hydrogen-bond acceptors (Lipinski definition) is 3. The standard InChI is InChI=1S/C22H24ClN3/c1-16-4-6-17(7-5-16)8-10-19-15-22(24-12-13-26(2)3)20-14-18(23)9-11-21(20)25-19/h4-11,14-15H,12-13H2,1-3H3,(H,24,25)/b10-8+. The summed E-state index contributed by atoms with van der Waals surface area (Å²) in [5.41, 5.74) is 5.34. The van der Waals surface area contributed by atoms with Gasteiger partial charge in [-0.15, -0.1) is 0 Å². The first-order valence-corrected chi connectivity index (χ1v) is 9.13. The van der Waals surface area contributed by atoms with Crippen LogP contribution in [0, 0.1) is 6.92 Å². The molecule has 0 amide bonds. The molecule has 0 bridgehead atoms. The maximum Gasteiger partial charge on any atom is 0.0731 e. The van der Waals surface area contributed by atoms with Crippen LogP contribution in [0.15, 0.2) is 48.5 Å². The maximum absolute atomic E-state index is 6.19. The lowest BCUT2D eigenvalue weighted by Gasteiger charge is -2.14. The Bertz CT molecular complexity index is 915. The number of aromatic nitrogens is 1. The van der Waals surface area contributed by atoms with Crippen molar-refractivity contribution in [1.82, 2.24) is 9.88 Å². The van der Waals surface area contributed by atoms with Gasteiger partial charge in [0.1, 0.15) is 0 Å². The molecule has 0 fully saturated rings. The van der Waals surface area contributed by atoms with Gasteiger partial charge in [-0.3, -0.25) is 0 Å². The predicted molar refractivity (Wildman–Crippen MR) is 114 cm³/mol. The number of nitrogens with zero attached hydrogens (tertiary/aromatic N) is 2. The van der Waals surface area contributed by atoms with Gasteiger partial charge in [-0.25, -0.2) is 4.98 Å². The van der Waals surface area contributed by atoms with Crippen LogP contribution in [0.1, 0.15) is 16.8 Å². The van der Waals surface area contributed by atoms with Crippen molar-refractivity contribution in [2.75, 3.05) is 32.5 Å². The monoisotopic (exact) mass is 365 g/mol. The predicted octanol–water partition coefficient (Wildman–Crippen LogP) is 5.34. The Morgan fingerprint density at radius 3 is 2.54 bits per heavy atom. The molecule has 0 atom stereocenters. The highest BCUT2D eigenvalue weighted by Crippen LogP contribution is 2.27. The summed E-state index contributed by atoms with van der Waals surface area (Å²) in [7, 11) is 4.14. The summed E-state index contributed by atoms with van der Waals surface area (Å²) in [6.07, 6.45) is 4.14. The number of benzene rings is 2. The van der Waals surface area contributed by atoms with Crippen LogP contribution in [-0.2, 0) is 0 Å². The molecule has 0 spiro atoms. The molecule has 0 saturated carbocycles. The van der Waals surface area contributed by atoms with Crippen LogP contribution in [0.25, 0.3) is 23.1 Å². The molecule has 3 rings (SSSR count). The summed E-state index contributed by atoms with van der Waals surface area (Å²) in [4.78, 5) is 6.91. The fourth-order valence-corrected chi connectivity index (χ4v) is 2.90. The van der Waals surface area contributed by atoms with Crippen molar-refractivity contribution >= 4 is 40.3 Å². The van der Waals surface area contributed by atoms with Crippen LogP contribution >= 0.6 is 11.6 Å². The van der Waals surface area contributed by atoms with Gasteiger partial charge < -0.3 is 10.2 Å². The van der Waals surface area contributed by atoms with E-state index in [0.717, 1.165) is 46.0 Å². The van der Waals surface area contributed by atoms with Crippen LogP contribution in [0.3, 0.4) is 0 Å². The second-order valence-corrected chi connectivity index (χ2v) is 7.17. The van der Waals surface area contributed by atoms with Crippen molar-refractivity contribution in [2.24, 2.45) is 0 Å². The van der Waals surface area contributed by atoms with Crippen LogP contribution in [0.4, 0.5) is 5.69 Å². The van der Waals surface area contributed by atoms with E-state index in [2.05, 4.69) is 73.7 Å². The van der Waals surface area contributed by atoms with E-state index in [9.17, 15) is 0 Å². The number of hydrogen-bond donors (Lipinski definition) is 1. The summed E-state index contributed by atoms with van der Waals surface area (Å²) in [5.74, 6) is 0. The third kappa shape index (κ3) is 4.84. The average molecular weight is 366 g/mol. The molecule has 0 unspecified atom stereocenters. The first kappa shape index (κ1) is 18.4. The topological polar surface area (TPSA) is 28.2 Å². The molecule has 26 heavy (non-hydrogen) atoms. The molecular weight excluding hydrogens is 342 g/mol. The molecule has 134 valence electrons. The largest absolute Gasteiger partial charge is 0.383 e. The SMILES string of the molecule is Cc1ccc(/C=C/c2cc(NCCN(C)C)c3cc(Cl)ccc3n2)cc1. The summed E-state index contributed by atoms with van der Waals surface area (Å²) in [6, 6.07) is 16.4. The lowest BCUT2D eigenvalue weighted by atomic mass is 10.1. The maximum atomic E-state index is 6.19. The number of halogens is 1. The molecule has 2 aromatic carbocycles. The smallest absolute Gasteiger partial charge is 0.0731 e. The lowest BCUT2D eigenvalue weighted by Crippen LogP contribution is -2.20. The molecule has 1 heterocycles. The molecule has 1 aromatic heterocycles. The van der Waals surface area contributed by atoms with Gasteiger partial charge in [0.25, 0.3) is 0 Å². The second-order valence-electron chi connectivity index (χ2n) is 6.73. The molecule has 0 aliphatic carbocycles. The van der Waals surface area contributed by atoms with E-state index in [-0.39, 0.29) is 0 Å². The number of rotatable bonds is 6. The van der Waals surface area contributed by atoms with Crippen molar-refractivity contribution in [1.29, 1.82) is 0 Å². The van der Waals surface area contributed by atoms with Crippen LogP contribution < -0.4 is 5.32 Å². The van der Waals surface area contributed by atoms with Gasteiger partial charge in [0.15, 0.2) is 0 Å². The van der Waals surface area contributed by atoms with Crippen LogP contribution in [0.5, 0.6) is 0 Å². The van der Waals surface area contributed by atoms with E-state index < -0.39 is 0 Å². The Kier molecular flexibility index (Phi) is 5.92. The molecule has 0 radical (unpaired) electrons. The number of pyridine rings is 1. The zero-order chi connectivity index (χ0) is 18.5. The Balaban J connectivity index is 1.92. The van der Waals surface area contributed by atoms with Crippen LogP contribution in [0.2, 0.25) is 5.02 Å². The number of fused-ring (bicyclic) bond motifs is 1. The van der Waals surface area contributed by atoms with E-state index in [4.69, 9.17) is 16.6 Å². The van der Waals surface area contributed by atoms with Gasteiger partial charge in [0, 0.05) is 29.2 Å². The van der Waals surface area contributed by atoms with Crippen molar-refractivity contribution in [3.8, 4) is 0 Å². The normalized spacial score (nSPS) is 11.6. The zero-order valence-electron chi connectivity index (χ0n) is 15.5. The molecule has 1 N–H and O–H groups in total. The number of anilines is 1. The number of nitrogens with one attached hydrogen (secondary N) is 1. The minimum absolute atomic E-state index is 0.720. The van der Waals surface area contributed by atoms with E-state index in [1.807, 2.05) is 18.2 Å². The quantitative estimate of drug-likeness (QED) is 0.639. The number of likely N-dealkylation sites (N-methyl/N-ethyl adjacent to an activating group) is 1. The Hall–Kier alpha value is -2.36. The van der Waals surface area contributed by atoms with Gasteiger partial charge in [0.2, 0.25) is 0 Å². The molecule has 0 aliphatic rings. The molecule has 0 saturated heterocycles. The Morgan fingerprint density at radius 1 is 1.04 bits per heavy atom. The summed E-state index contributed by atoms with van der Waals surface area (Å²) in [6.45, 7) is 3.91. The van der Waals surface area contributed by atoms with Gasteiger partial charge in [-0.1, -0.05) is 47.5 Å². The Morgan fingerprint density at radius 2 is 1.81 bits per heavy atom. The molecule has 0 aliphatic heterocycles. The third-order valence-corrected chi connectivity index (χ3v) is 4.42. The minimum Gasteiger partial charge on any atom is -0.383 e. The van der Waals surface area contributed by atoms with Gasteiger partial charge in [-0.2, -0.15) is 0 Å². The first-order valence-electron chi connectivity index (χ1n) is 8.75. The van der Waals surface area contributed by atoms with Crippen molar-refractivity contribution in [3.63, 3.8) is 0 Å². The highest BCUT2D eigenvalue weighted by atomic mass is 35.5. The summed E-state index contributed by atoms with van der Waals surface area (Å²) in [5, 5.41) is 5.28. The Labute approximate surface area is 160 Å². The zero-order valence-corrected chi connectivity index (χ0v) is 16.2. The molecule has 3 aromatic rings. The van der Waals surface area contributed by atoms with Gasteiger partial charge in [-0.05, 0) is 56.9 Å². The molecule has 3 nitrogen and oxygen atoms in total. The van der Waals surface area contributed by atoms with Crippen molar-refractivity contribution in [3.05, 3.63) is 70.4 Å². The third-order valence-electron chi connectivity index (χ3n) is 4.19. The van der Waals surface area contributed by atoms with E-state index in [0.29, 0.717) is 0 Å². The van der Waals surface area contributed by atoms with Crippen LogP contribution in [-0.4, -0.2) is 37.1 Å². The first-order chi connectivity index (χ1) is 12.5. The fraction of sp³-hybridized carbons (Fsp3) is 0.227. The summed E-state index contributed by atoms with van der Waals surface area (Å²) < 4.78 is 0. The minimum atomic E-state index is 0.720. The van der Waals surface area contributed by atoms with Gasteiger partial charge in [0.05, 0.1) is 11.2 Å².